The molecule has 64 valence electrons. The van der Waals surface area contributed by atoms with Gasteiger partial charge in [-0.1, -0.05) is 19.8 Å². The minimum atomic E-state index is 0.148. The van der Waals surface area contributed by atoms with E-state index in [0.29, 0.717) is 5.84 Å². The fourth-order valence-electron chi connectivity index (χ4n) is 1.98. The van der Waals surface area contributed by atoms with Gasteiger partial charge in [0, 0.05) is 5.41 Å². The van der Waals surface area contributed by atoms with Gasteiger partial charge in [-0.15, -0.1) is 0 Å². The standard InChI is InChI=1S/C8H17N3/c1-2-8(7(9)11-10)5-3-4-6-8/h2-6,10H2,1H3,(H2,9,11). The summed E-state index contributed by atoms with van der Waals surface area (Å²) in [5.74, 6) is 5.83. The van der Waals surface area contributed by atoms with Crippen LogP contribution < -0.4 is 11.6 Å². The molecule has 3 heteroatoms. The van der Waals surface area contributed by atoms with Gasteiger partial charge in [0.25, 0.3) is 0 Å². The first-order valence-corrected chi connectivity index (χ1v) is 4.29. The molecule has 0 bridgehead atoms. The lowest BCUT2D eigenvalue weighted by Crippen LogP contribution is -2.35. The van der Waals surface area contributed by atoms with E-state index in [1.54, 1.807) is 0 Å². The average molecular weight is 155 g/mol. The Labute approximate surface area is 67.8 Å². The molecule has 0 aromatic heterocycles. The summed E-state index contributed by atoms with van der Waals surface area (Å²) in [7, 11) is 0. The van der Waals surface area contributed by atoms with Crippen molar-refractivity contribution < 1.29 is 0 Å². The fraction of sp³-hybridized carbons (Fsp3) is 0.875. The van der Waals surface area contributed by atoms with Crippen LogP contribution in [0.1, 0.15) is 39.0 Å². The van der Waals surface area contributed by atoms with E-state index in [0.717, 1.165) is 19.3 Å². The zero-order valence-electron chi connectivity index (χ0n) is 7.14. The maximum Gasteiger partial charge on any atom is 0.125 e. The first-order chi connectivity index (χ1) is 5.25. The van der Waals surface area contributed by atoms with Gasteiger partial charge in [-0.05, 0) is 19.3 Å². The minimum Gasteiger partial charge on any atom is -0.385 e. The molecule has 1 aliphatic rings. The van der Waals surface area contributed by atoms with Crippen LogP contribution in [0.15, 0.2) is 5.10 Å². The third-order valence-electron chi connectivity index (χ3n) is 2.92. The van der Waals surface area contributed by atoms with Crippen molar-refractivity contribution in [3.63, 3.8) is 0 Å². The summed E-state index contributed by atoms with van der Waals surface area (Å²) < 4.78 is 0. The Hall–Kier alpha value is -0.730. The Kier molecular flexibility index (Phi) is 2.37. The van der Waals surface area contributed by atoms with Crippen LogP contribution >= 0.6 is 0 Å². The van der Waals surface area contributed by atoms with E-state index in [1.165, 1.54) is 12.8 Å². The number of nitrogens with two attached hydrogens (primary N) is 2. The summed E-state index contributed by atoms with van der Waals surface area (Å²) in [6.07, 6.45) is 5.93. The van der Waals surface area contributed by atoms with Crippen LogP contribution in [0.5, 0.6) is 0 Å². The molecule has 0 saturated heterocycles. The highest BCUT2D eigenvalue weighted by molar-refractivity contribution is 5.86. The van der Waals surface area contributed by atoms with Crippen LogP contribution in [0, 0.1) is 5.41 Å². The number of rotatable bonds is 2. The topological polar surface area (TPSA) is 64.4 Å². The van der Waals surface area contributed by atoms with Gasteiger partial charge in [0.2, 0.25) is 0 Å². The van der Waals surface area contributed by atoms with Crippen molar-refractivity contribution in [1.82, 2.24) is 0 Å². The highest BCUT2D eigenvalue weighted by Gasteiger charge is 2.35. The molecule has 1 fully saturated rings. The van der Waals surface area contributed by atoms with Gasteiger partial charge in [-0.3, -0.25) is 0 Å². The van der Waals surface area contributed by atoms with Crippen molar-refractivity contribution in [3.8, 4) is 0 Å². The fourth-order valence-corrected chi connectivity index (χ4v) is 1.98. The van der Waals surface area contributed by atoms with Crippen molar-refractivity contribution in [2.45, 2.75) is 39.0 Å². The van der Waals surface area contributed by atoms with Crippen LogP contribution in [0.2, 0.25) is 0 Å². The lowest BCUT2D eigenvalue weighted by molar-refractivity contribution is 0.413. The van der Waals surface area contributed by atoms with Gasteiger partial charge in [-0.2, -0.15) is 5.10 Å². The molecule has 0 unspecified atom stereocenters. The van der Waals surface area contributed by atoms with E-state index in [-0.39, 0.29) is 5.41 Å². The molecule has 0 spiro atoms. The number of hydrazone groups is 1. The van der Waals surface area contributed by atoms with Crippen molar-refractivity contribution in [1.29, 1.82) is 0 Å². The van der Waals surface area contributed by atoms with Gasteiger partial charge in [0.15, 0.2) is 0 Å². The average Bonchev–Trinajstić information content (AvgIpc) is 2.52. The maximum atomic E-state index is 5.75. The van der Waals surface area contributed by atoms with Crippen molar-refractivity contribution >= 4 is 5.84 Å². The largest absolute Gasteiger partial charge is 0.385 e. The van der Waals surface area contributed by atoms with Gasteiger partial charge in [-0.25, -0.2) is 0 Å². The van der Waals surface area contributed by atoms with E-state index in [1.807, 2.05) is 0 Å². The van der Waals surface area contributed by atoms with Crippen LogP contribution in [0.3, 0.4) is 0 Å². The number of amidine groups is 1. The molecule has 11 heavy (non-hydrogen) atoms. The Morgan fingerprint density at radius 3 is 2.36 bits per heavy atom. The van der Waals surface area contributed by atoms with Crippen LogP contribution in [-0.2, 0) is 0 Å². The molecule has 1 aliphatic carbocycles. The molecule has 0 aliphatic heterocycles. The normalized spacial score (nSPS) is 23.9. The highest BCUT2D eigenvalue weighted by atomic mass is 15.2. The van der Waals surface area contributed by atoms with Gasteiger partial charge in [0.1, 0.15) is 5.84 Å². The molecule has 3 nitrogen and oxygen atoms in total. The van der Waals surface area contributed by atoms with Crippen LogP contribution in [0.4, 0.5) is 0 Å². The molecule has 0 heterocycles. The van der Waals surface area contributed by atoms with Gasteiger partial charge >= 0.3 is 0 Å². The zero-order chi connectivity index (χ0) is 8.32. The van der Waals surface area contributed by atoms with Crippen molar-refractivity contribution in [2.75, 3.05) is 0 Å². The van der Waals surface area contributed by atoms with E-state index in [9.17, 15) is 0 Å². The molecule has 0 aromatic rings. The van der Waals surface area contributed by atoms with E-state index < -0.39 is 0 Å². The second kappa shape index (κ2) is 3.11. The lowest BCUT2D eigenvalue weighted by atomic mass is 9.82. The Morgan fingerprint density at radius 1 is 1.45 bits per heavy atom. The van der Waals surface area contributed by atoms with E-state index >= 15 is 0 Å². The molecule has 0 amide bonds. The lowest BCUT2D eigenvalue weighted by Gasteiger charge is -2.25. The zero-order valence-corrected chi connectivity index (χ0v) is 7.14. The summed E-state index contributed by atoms with van der Waals surface area (Å²) >= 11 is 0. The summed E-state index contributed by atoms with van der Waals surface area (Å²) in [6.45, 7) is 2.16. The SMILES string of the molecule is CCC1(C(N)=NN)CCCC1. The quantitative estimate of drug-likeness (QED) is 0.272. The molecular weight excluding hydrogens is 138 g/mol. The van der Waals surface area contributed by atoms with Crippen molar-refractivity contribution in [3.05, 3.63) is 0 Å². The molecule has 1 rings (SSSR count). The summed E-state index contributed by atoms with van der Waals surface area (Å²) in [5.41, 5.74) is 5.90. The molecular formula is C8H17N3. The number of hydrogen-bond acceptors (Lipinski definition) is 2. The summed E-state index contributed by atoms with van der Waals surface area (Å²) in [6, 6.07) is 0. The molecule has 1 saturated carbocycles. The first kappa shape index (κ1) is 8.37. The number of hydrogen-bond donors (Lipinski definition) is 2. The Morgan fingerprint density at radius 2 is 2.00 bits per heavy atom. The third-order valence-corrected chi connectivity index (χ3v) is 2.92. The molecule has 4 N–H and O–H groups in total. The van der Waals surface area contributed by atoms with Gasteiger partial charge < -0.3 is 11.6 Å². The summed E-state index contributed by atoms with van der Waals surface area (Å²) in [5, 5.41) is 3.61. The minimum absolute atomic E-state index is 0.148. The Bertz CT molecular complexity index is 157. The van der Waals surface area contributed by atoms with Crippen LogP contribution in [-0.4, -0.2) is 5.84 Å². The molecule has 0 atom stereocenters. The molecule has 0 radical (unpaired) electrons. The van der Waals surface area contributed by atoms with Crippen molar-refractivity contribution in [2.24, 2.45) is 22.1 Å². The second-order valence-electron chi connectivity index (χ2n) is 3.36. The van der Waals surface area contributed by atoms with Gasteiger partial charge in [0.05, 0.1) is 0 Å². The first-order valence-electron chi connectivity index (χ1n) is 4.29. The number of nitrogens with zero attached hydrogens (tertiary/aromatic N) is 1. The predicted molar refractivity (Wildman–Crippen MR) is 47.0 cm³/mol. The predicted octanol–water partition coefficient (Wildman–Crippen LogP) is 1.19. The van der Waals surface area contributed by atoms with E-state index in [2.05, 4.69) is 12.0 Å². The van der Waals surface area contributed by atoms with Crippen LogP contribution in [0.25, 0.3) is 0 Å². The molecule has 0 aromatic carbocycles. The monoisotopic (exact) mass is 155 g/mol. The maximum absolute atomic E-state index is 5.75. The Balaban J connectivity index is 2.74. The smallest absolute Gasteiger partial charge is 0.125 e. The third kappa shape index (κ3) is 1.32. The van der Waals surface area contributed by atoms with E-state index in [4.69, 9.17) is 11.6 Å². The second-order valence-corrected chi connectivity index (χ2v) is 3.36. The summed E-state index contributed by atoms with van der Waals surface area (Å²) in [4.78, 5) is 0. The highest BCUT2D eigenvalue weighted by Crippen LogP contribution is 2.40.